The Morgan fingerprint density at radius 2 is 2.23 bits per heavy atom. The number of nitrogens with one attached hydrogen (secondary N) is 2. The monoisotopic (exact) mass is 504 g/mol. The number of aliphatic imine (C=N–C) groups is 1. The smallest absolute Gasteiger partial charge is 0.413 e. The number of carbonyl (C=O) groups is 2. The van der Waals surface area contributed by atoms with Gasteiger partial charge in [0.25, 0.3) is 0 Å². The van der Waals surface area contributed by atoms with Crippen molar-refractivity contribution in [2.75, 3.05) is 18.5 Å². The zero-order valence-electron chi connectivity index (χ0n) is 19.9. The van der Waals surface area contributed by atoms with Gasteiger partial charge in [0.1, 0.15) is 28.5 Å². The molecule has 4 rings (SSSR count). The maximum atomic E-state index is 13.1. The van der Waals surface area contributed by atoms with Crippen LogP contribution in [0.15, 0.2) is 29.2 Å². The number of nitrogens with zero attached hydrogens (tertiary/aromatic N) is 6. The molecule has 14 heteroatoms. The number of hydroxylamine groups is 3. The molecular weight excluding hydrogens is 476 g/mol. The van der Waals surface area contributed by atoms with E-state index in [1.54, 1.807) is 55.1 Å². The quantitative estimate of drug-likeness (QED) is 0.226. The van der Waals surface area contributed by atoms with E-state index in [1.165, 1.54) is 16.4 Å². The number of anilines is 1. The first-order valence-corrected chi connectivity index (χ1v) is 11.7. The Balaban J connectivity index is 1.54. The second-order valence-electron chi connectivity index (χ2n) is 8.94. The van der Waals surface area contributed by atoms with E-state index in [4.69, 9.17) is 9.57 Å². The van der Waals surface area contributed by atoms with Crippen LogP contribution in [-0.2, 0) is 23.2 Å². The first-order valence-electron chi connectivity index (χ1n) is 10.9. The van der Waals surface area contributed by atoms with E-state index in [2.05, 4.69) is 32.5 Å². The molecule has 3 amide bonds. The molecule has 3 N–H and O–H groups in total. The molecule has 2 aliphatic heterocycles. The number of amides is 3. The highest BCUT2D eigenvalue weighted by atomic mass is 32.1. The molecule has 0 aromatic carbocycles. The van der Waals surface area contributed by atoms with Crippen LogP contribution in [0.1, 0.15) is 49.1 Å². The van der Waals surface area contributed by atoms with Crippen molar-refractivity contribution < 1.29 is 24.4 Å². The van der Waals surface area contributed by atoms with Crippen molar-refractivity contribution in [1.29, 1.82) is 0 Å². The zero-order chi connectivity index (χ0) is 25.3. The minimum Gasteiger partial charge on any atom is -0.444 e. The third-order valence-corrected chi connectivity index (χ3v) is 6.14. The average Bonchev–Trinajstić information content (AvgIpc) is 3.46. The molecule has 13 nitrogen and oxygen atoms in total. The third kappa shape index (κ3) is 4.99. The molecule has 4 heterocycles. The summed E-state index contributed by atoms with van der Waals surface area (Å²) in [5.74, 6) is 0.496. The Morgan fingerprint density at radius 3 is 2.91 bits per heavy atom. The Kier molecular flexibility index (Phi) is 6.78. The van der Waals surface area contributed by atoms with Crippen molar-refractivity contribution in [3.63, 3.8) is 0 Å². The lowest BCUT2D eigenvalue weighted by atomic mass is 9.97. The van der Waals surface area contributed by atoms with Gasteiger partial charge in [0.2, 0.25) is 0 Å². The van der Waals surface area contributed by atoms with E-state index in [0.717, 1.165) is 5.56 Å². The third-order valence-electron chi connectivity index (χ3n) is 5.30. The molecule has 188 valence electrons. The van der Waals surface area contributed by atoms with Crippen molar-refractivity contribution >= 4 is 35.1 Å². The predicted molar refractivity (Wildman–Crippen MR) is 127 cm³/mol. The summed E-state index contributed by atoms with van der Waals surface area (Å²) in [6, 6.07) is -1.38. The van der Waals surface area contributed by atoms with Gasteiger partial charge in [-0.1, -0.05) is 6.08 Å². The number of aryl methyl sites for hydroxylation is 1. The van der Waals surface area contributed by atoms with E-state index < -0.39 is 17.7 Å². The summed E-state index contributed by atoms with van der Waals surface area (Å²) in [5, 5.41) is 20.5. The number of aromatic nitrogens is 3. The zero-order valence-corrected chi connectivity index (χ0v) is 20.7. The van der Waals surface area contributed by atoms with Gasteiger partial charge in [-0.25, -0.2) is 14.6 Å². The van der Waals surface area contributed by atoms with Gasteiger partial charge in [0.05, 0.1) is 31.6 Å². The van der Waals surface area contributed by atoms with Gasteiger partial charge in [0.15, 0.2) is 5.84 Å². The number of amidine groups is 1. The molecule has 0 saturated carbocycles. The number of hydrogen-bond acceptors (Lipinski definition) is 9. The number of thiazole rings is 1. The van der Waals surface area contributed by atoms with Crippen LogP contribution in [0, 0.1) is 0 Å². The fraction of sp³-hybridized carbons (Fsp3) is 0.476. The number of ether oxygens (including phenoxy) is 1. The fourth-order valence-corrected chi connectivity index (χ4v) is 4.63. The number of urea groups is 1. The summed E-state index contributed by atoms with van der Waals surface area (Å²) < 4.78 is 6.89. The molecule has 0 aliphatic carbocycles. The van der Waals surface area contributed by atoms with Crippen LogP contribution in [0.4, 0.5) is 15.4 Å². The summed E-state index contributed by atoms with van der Waals surface area (Å²) in [6.07, 6.45) is 2.65. The summed E-state index contributed by atoms with van der Waals surface area (Å²) in [5.41, 5.74) is 3.05. The van der Waals surface area contributed by atoms with E-state index in [0.29, 0.717) is 23.1 Å². The Morgan fingerprint density at radius 1 is 1.46 bits per heavy atom. The van der Waals surface area contributed by atoms with Gasteiger partial charge in [-0.05, 0) is 20.8 Å². The molecule has 2 bridgehead atoms. The molecule has 2 aliphatic rings. The largest absolute Gasteiger partial charge is 0.444 e. The van der Waals surface area contributed by atoms with Crippen molar-refractivity contribution in [3.05, 3.63) is 40.5 Å². The molecule has 2 aromatic rings. The highest BCUT2D eigenvalue weighted by molar-refractivity contribution is 7.10. The maximum Gasteiger partial charge on any atom is 0.413 e. The topological polar surface area (TPSA) is 146 Å². The number of hydrogen-bond donors (Lipinski definition) is 3. The van der Waals surface area contributed by atoms with Crippen LogP contribution in [0.25, 0.3) is 0 Å². The minimum atomic E-state index is -0.706. The second kappa shape index (κ2) is 9.64. The highest BCUT2D eigenvalue weighted by Gasteiger charge is 2.51. The Bertz CT molecular complexity index is 1150. The Labute approximate surface area is 205 Å². The predicted octanol–water partition coefficient (Wildman–Crippen LogP) is 2.75. The first kappa shape index (κ1) is 24.6. The number of carbonyl (C=O) groups excluding carboxylic acids is 2. The molecule has 35 heavy (non-hydrogen) atoms. The van der Waals surface area contributed by atoms with Crippen molar-refractivity contribution in [2.24, 2.45) is 12.0 Å². The molecule has 0 unspecified atom stereocenters. The lowest BCUT2D eigenvalue weighted by molar-refractivity contribution is -0.118. The molecule has 1 saturated heterocycles. The molecule has 2 aromatic heterocycles. The lowest BCUT2D eigenvalue weighted by Crippen LogP contribution is -2.43. The van der Waals surface area contributed by atoms with Gasteiger partial charge < -0.3 is 9.64 Å². The molecule has 0 radical (unpaired) electrons. The standard InChI is InChI=1S/C21H28N8O5S/c1-6-7-33-29-13-10-28(20(29)31)17(16-12(13)8-23-27(16)5)18(26-32)22-9-15-24-14(11-35-15)25-19(30)34-21(2,3)4/h6,8,11,13,17,32H,1,7,9-10H2,2-5H3,(H,22,26)(H,25,30)/t13-,17-/m0/s1. The van der Waals surface area contributed by atoms with E-state index in [-0.39, 0.29) is 31.1 Å². The van der Waals surface area contributed by atoms with Crippen LogP contribution in [0.2, 0.25) is 0 Å². The maximum absolute atomic E-state index is 13.1. The molecule has 0 spiro atoms. The Hall–Kier alpha value is -3.49. The minimum absolute atomic E-state index is 0.107. The van der Waals surface area contributed by atoms with Crippen LogP contribution >= 0.6 is 11.3 Å². The van der Waals surface area contributed by atoms with E-state index in [1.807, 2.05) is 0 Å². The lowest BCUT2D eigenvalue weighted by Gasteiger charge is -2.31. The second-order valence-corrected chi connectivity index (χ2v) is 9.88. The van der Waals surface area contributed by atoms with Crippen LogP contribution in [-0.4, -0.2) is 66.6 Å². The molecule has 1 fully saturated rings. The number of rotatable bonds is 7. The van der Waals surface area contributed by atoms with Gasteiger partial charge in [-0.3, -0.25) is 30.5 Å². The normalized spacial score (nSPS) is 19.6. The molecular formula is C21H28N8O5S. The van der Waals surface area contributed by atoms with Crippen molar-refractivity contribution in [2.45, 2.75) is 45.0 Å². The van der Waals surface area contributed by atoms with Gasteiger partial charge >= 0.3 is 12.1 Å². The van der Waals surface area contributed by atoms with Gasteiger partial charge in [-0.2, -0.15) is 10.2 Å². The molecule has 2 atom stereocenters. The SMILES string of the molecule is C=CCON1C(=O)N2C[C@H]1c1cnn(C)c1[C@H]2C(=NCc1nc(NC(=O)OC(C)(C)C)cs1)NO. The summed E-state index contributed by atoms with van der Waals surface area (Å²) in [7, 11) is 1.77. The number of fused-ring (bicyclic) bond motifs is 4. The van der Waals surface area contributed by atoms with Gasteiger partial charge in [0, 0.05) is 18.0 Å². The van der Waals surface area contributed by atoms with Gasteiger partial charge in [-0.15, -0.1) is 17.9 Å². The van der Waals surface area contributed by atoms with E-state index in [9.17, 15) is 14.8 Å². The van der Waals surface area contributed by atoms with Crippen LogP contribution in [0.5, 0.6) is 0 Å². The fourth-order valence-electron chi connectivity index (χ4n) is 3.98. The summed E-state index contributed by atoms with van der Waals surface area (Å²) in [6.45, 7) is 9.58. The summed E-state index contributed by atoms with van der Waals surface area (Å²) >= 11 is 1.29. The van der Waals surface area contributed by atoms with Crippen LogP contribution < -0.4 is 10.8 Å². The highest BCUT2D eigenvalue weighted by Crippen LogP contribution is 2.44. The first-order chi connectivity index (χ1) is 16.6. The van der Waals surface area contributed by atoms with E-state index >= 15 is 0 Å². The van der Waals surface area contributed by atoms with Crippen LogP contribution in [0.3, 0.4) is 0 Å². The summed E-state index contributed by atoms with van der Waals surface area (Å²) in [4.78, 5) is 41.1. The average molecular weight is 505 g/mol. The van der Waals surface area contributed by atoms with Crippen molar-refractivity contribution in [1.82, 2.24) is 30.2 Å². The van der Waals surface area contributed by atoms with Crippen molar-refractivity contribution in [3.8, 4) is 0 Å².